The van der Waals surface area contributed by atoms with Gasteiger partial charge in [0.15, 0.2) is 0 Å². The largest absolute Gasteiger partial charge is 0.327 e. The molecule has 0 aliphatic heterocycles. The van der Waals surface area contributed by atoms with Crippen LogP contribution in [0.25, 0.3) is 11.6 Å². The van der Waals surface area contributed by atoms with E-state index in [1.165, 1.54) is 16.0 Å². The standard InChI is InChI=1S/C15H21N/c1-10(2)13-7-5-4-6-12(13)9-14-11(3)8-15(14)16/h4-7,9,11,14-15H,8,16H2,1-3H3/b12-9-. The predicted octanol–water partition coefficient (Wildman–Crippen LogP) is 1.64. The number of benzene rings is 1. The Hall–Kier alpha value is -1.08. The molecule has 2 rings (SSSR count). The Bertz CT molecular complexity index is 474. The molecule has 0 radical (unpaired) electrons. The zero-order chi connectivity index (χ0) is 11.7. The molecule has 1 aliphatic rings. The predicted molar refractivity (Wildman–Crippen MR) is 70.2 cm³/mol. The van der Waals surface area contributed by atoms with E-state index in [2.05, 4.69) is 51.1 Å². The molecular weight excluding hydrogens is 194 g/mol. The van der Waals surface area contributed by atoms with Crippen molar-refractivity contribution in [1.82, 2.24) is 0 Å². The first kappa shape index (κ1) is 11.4. The number of nitrogens with two attached hydrogens (primary N) is 1. The van der Waals surface area contributed by atoms with Gasteiger partial charge < -0.3 is 5.73 Å². The summed E-state index contributed by atoms with van der Waals surface area (Å²) in [7, 11) is 0. The van der Waals surface area contributed by atoms with Crippen LogP contribution in [0, 0.1) is 11.8 Å². The zero-order valence-electron chi connectivity index (χ0n) is 10.4. The van der Waals surface area contributed by atoms with Crippen LogP contribution in [0.15, 0.2) is 24.3 Å². The molecule has 0 heterocycles. The highest BCUT2D eigenvalue weighted by molar-refractivity contribution is 5.42. The van der Waals surface area contributed by atoms with Crippen LogP contribution in [-0.4, -0.2) is 6.04 Å². The quantitative estimate of drug-likeness (QED) is 0.757. The van der Waals surface area contributed by atoms with Gasteiger partial charge in [-0.05, 0) is 42.5 Å². The van der Waals surface area contributed by atoms with Crippen LogP contribution < -0.4 is 16.2 Å². The molecule has 0 aromatic heterocycles. The summed E-state index contributed by atoms with van der Waals surface area (Å²) in [5, 5.41) is 2.70. The third-order valence-electron chi connectivity index (χ3n) is 3.67. The first-order chi connectivity index (χ1) is 7.59. The lowest BCUT2D eigenvalue weighted by Crippen LogP contribution is -2.46. The molecule has 3 unspecified atom stereocenters. The topological polar surface area (TPSA) is 26.0 Å². The molecule has 3 atom stereocenters. The summed E-state index contributed by atoms with van der Waals surface area (Å²) >= 11 is 0. The van der Waals surface area contributed by atoms with Gasteiger partial charge in [-0.1, -0.05) is 42.8 Å². The van der Waals surface area contributed by atoms with E-state index < -0.39 is 0 Å². The lowest BCUT2D eigenvalue weighted by atomic mass is 9.70. The molecule has 0 amide bonds. The van der Waals surface area contributed by atoms with E-state index >= 15 is 0 Å². The van der Waals surface area contributed by atoms with Crippen LogP contribution in [0.2, 0.25) is 0 Å². The molecule has 86 valence electrons. The maximum atomic E-state index is 6.05. The van der Waals surface area contributed by atoms with Gasteiger partial charge in [-0.15, -0.1) is 0 Å². The van der Waals surface area contributed by atoms with Gasteiger partial charge in [0.05, 0.1) is 0 Å². The van der Waals surface area contributed by atoms with Crippen molar-refractivity contribution in [3.63, 3.8) is 0 Å². The third kappa shape index (κ3) is 2.05. The van der Waals surface area contributed by atoms with E-state index in [9.17, 15) is 0 Å². The summed E-state index contributed by atoms with van der Waals surface area (Å²) in [4.78, 5) is 0. The van der Waals surface area contributed by atoms with Crippen molar-refractivity contribution < 1.29 is 0 Å². The SMILES string of the molecule is CC(C)=c1cccc/c1=C/C1C(C)CC1N. The van der Waals surface area contributed by atoms with Gasteiger partial charge >= 0.3 is 0 Å². The van der Waals surface area contributed by atoms with Crippen LogP contribution in [-0.2, 0) is 0 Å². The van der Waals surface area contributed by atoms with Crippen molar-refractivity contribution in [3.05, 3.63) is 34.7 Å². The molecule has 2 N–H and O–H groups in total. The van der Waals surface area contributed by atoms with E-state index in [-0.39, 0.29) is 0 Å². The monoisotopic (exact) mass is 215 g/mol. The fourth-order valence-electron chi connectivity index (χ4n) is 2.56. The summed E-state index contributed by atoms with van der Waals surface area (Å²) < 4.78 is 0. The van der Waals surface area contributed by atoms with Crippen molar-refractivity contribution in [2.24, 2.45) is 17.6 Å². The average Bonchev–Trinajstić information content (AvgIpc) is 2.26. The molecule has 1 aromatic rings. The minimum absolute atomic E-state index is 0.361. The number of rotatable bonds is 1. The molecule has 0 saturated heterocycles. The molecule has 1 nitrogen and oxygen atoms in total. The van der Waals surface area contributed by atoms with Gasteiger partial charge in [-0.3, -0.25) is 0 Å². The maximum absolute atomic E-state index is 6.05. The first-order valence-corrected chi connectivity index (χ1v) is 6.09. The van der Waals surface area contributed by atoms with Gasteiger partial charge in [0, 0.05) is 6.04 Å². The highest BCUT2D eigenvalue weighted by Crippen LogP contribution is 2.33. The van der Waals surface area contributed by atoms with Crippen molar-refractivity contribution in [3.8, 4) is 0 Å². The highest BCUT2D eigenvalue weighted by atomic mass is 14.7. The molecular formula is C15H21N. The van der Waals surface area contributed by atoms with Crippen molar-refractivity contribution in [2.75, 3.05) is 0 Å². The van der Waals surface area contributed by atoms with Gasteiger partial charge in [-0.2, -0.15) is 0 Å². The van der Waals surface area contributed by atoms with Crippen LogP contribution in [0.5, 0.6) is 0 Å². The Labute approximate surface area is 97.7 Å². The summed E-state index contributed by atoms with van der Waals surface area (Å²) in [6, 6.07) is 8.95. The normalized spacial score (nSPS) is 30.0. The Balaban J connectivity index is 2.49. The molecule has 0 bridgehead atoms. The van der Waals surface area contributed by atoms with Crippen LogP contribution in [0.3, 0.4) is 0 Å². The second-order valence-electron chi connectivity index (χ2n) is 5.21. The zero-order valence-corrected chi connectivity index (χ0v) is 10.4. The van der Waals surface area contributed by atoms with Crippen LogP contribution in [0.1, 0.15) is 27.2 Å². The summed E-state index contributed by atoms with van der Waals surface area (Å²) in [5.41, 5.74) is 7.42. The van der Waals surface area contributed by atoms with Crippen molar-refractivity contribution in [1.29, 1.82) is 0 Å². The van der Waals surface area contributed by atoms with E-state index in [4.69, 9.17) is 5.73 Å². The molecule has 1 aromatic carbocycles. The van der Waals surface area contributed by atoms with Gasteiger partial charge in [0.1, 0.15) is 0 Å². The van der Waals surface area contributed by atoms with Gasteiger partial charge in [0.2, 0.25) is 0 Å². The van der Waals surface area contributed by atoms with E-state index in [1.54, 1.807) is 0 Å². The molecule has 1 heteroatoms. The first-order valence-electron chi connectivity index (χ1n) is 6.09. The Morgan fingerprint density at radius 2 is 2.00 bits per heavy atom. The summed E-state index contributed by atoms with van der Waals surface area (Å²) in [6.07, 6.45) is 3.53. The molecule has 0 spiro atoms. The third-order valence-corrected chi connectivity index (χ3v) is 3.67. The maximum Gasteiger partial charge on any atom is 0.0108 e. The summed E-state index contributed by atoms with van der Waals surface area (Å²) in [5.74, 6) is 1.29. The minimum atomic E-state index is 0.361. The Kier molecular flexibility index (Phi) is 3.15. The fourth-order valence-corrected chi connectivity index (χ4v) is 2.56. The smallest absolute Gasteiger partial charge is 0.0108 e. The van der Waals surface area contributed by atoms with E-state index in [0.717, 1.165) is 12.3 Å². The second kappa shape index (κ2) is 4.42. The van der Waals surface area contributed by atoms with Crippen LogP contribution >= 0.6 is 0 Å². The Morgan fingerprint density at radius 3 is 2.56 bits per heavy atom. The fraction of sp³-hybridized carbons (Fsp3) is 0.467. The summed E-state index contributed by atoms with van der Waals surface area (Å²) in [6.45, 7) is 6.61. The lowest BCUT2D eigenvalue weighted by Gasteiger charge is -2.38. The van der Waals surface area contributed by atoms with Gasteiger partial charge in [0.25, 0.3) is 0 Å². The van der Waals surface area contributed by atoms with Gasteiger partial charge in [-0.25, -0.2) is 0 Å². The molecule has 1 fully saturated rings. The van der Waals surface area contributed by atoms with Crippen LogP contribution in [0.4, 0.5) is 0 Å². The Morgan fingerprint density at radius 1 is 1.31 bits per heavy atom. The minimum Gasteiger partial charge on any atom is -0.327 e. The van der Waals surface area contributed by atoms with E-state index in [0.29, 0.717) is 12.0 Å². The highest BCUT2D eigenvalue weighted by Gasteiger charge is 2.32. The van der Waals surface area contributed by atoms with Crippen molar-refractivity contribution in [2.45, 2.75) is 33.2 Å². The number of hydrogen-bond donors (Lipinski definition) is 1. The average molecular weight is 215 g/mol. The van der Waals surface area contributed by atoms with Crippen molar-refractivity contribution >= 4 is 11.6 Å². The van der Waals surface area contributed by atoms with E-state index in [1.807, 2.05) is 0 Å². The lowest BCUT2D eigenvalue weighted by molar-refractivity contribution is 0.217. The second-order valence-corrected chi connectivity index (χ2v) is 5.21. The molecule has 1 saturated carbocycles. The molecule has 16 heavy (non-hydrogen) atoms. The number of hydrogen-bond acceptors (Lipinski definition) is 1. The molecule has 1 aliphatic carbocycles.